The van der Waals surface area contributed by atoms with Crippen molar-refractivity contribution in [2.24, 2.45) is 0 Å². The zero-order chi connectivity index (χ0) is 15.9. The Balaban J connectivity index is 2.68. The van der Waals surface area contributed by atoms with Crippen LogP contribution in [0.1, 0.15) is 37.6 Å². The van der Waals surface area contributed by atoms with E-state index in [1.807, 2.05) is 20.8 Å². The van der Waals surface area contributed by atoms with Gasteiger partial charge in [0.05, 0.1) is 6.10 Å². The SMILES string of the molecule is CCCNCc1sc(S(=O)(=O)NCC(C)OCC)cc1C. The molecule has 1 aromatic rings. The van der Waals surface area contributed by atoms with Crippen LogP contribution in [0.25, 0.3) is 0 Å². The normalized spacial score (nSPS) is 13.5. The van der Waals surface area contributed by atoms with Crippen molar-refractivity contribution in [3.63, 3.8) is 0 Å². The van der Waals surface area contributed by atoms with Crippen LogP contribution >= 0.6 is 11.3 Å². The molecule has 1 unspecified atom stereocenters. The third-order valence-corrected chi connectivity index (χ3v) is 6.12. The molecule has 0 amide bonds. The highest BCUT2D eigenvalue weighted by Crippen LogP contribution is 2.25. The second kappa shape index (κ2) is 8.85. The third-order valence-electron chi connectivity index (χ3n) is 2.99. The molecule has 1 atom stereocenters. The third kappa shape index (κ3) is 6.04. The fraction of sp³-hybridized carbons (Fsp3) is 0.714. The first-order valence-electron chi connectivity index (χ1n) is 7.32. The summed E-state index contributed by atoms with van der Waals surface area (Å²) in [5.74, 6) is 0. The second-order valence-corrected chi connectivity index (χ2v) is 8.10. The molecule has 0 bridgehead atoms. The van der Waals surface area contributed by atoms with Gasteiger partial charge in [0.15, 0.2) is 0 Å². The standard InChI is InChI=1S/C14H26N2O3S2/c1-5-7-15-10-13-11(3)8-14(20-13)21(17,18)16-9-12(4)19-6-2/h8,12,15-16H,5-7,9-10H2,1-4H3. The van der Waals surface area contributed by atoms with Gasteiger partial charge >= 0.3 is 0 Å². The summed E-state index contributed by atoms with van der Waals surface area (Å²) in [6.07, 6.45) is 0.934. The minimum atomic E-state index is -3.45. The van der Waals surface area contributed by atoms with Crippen molar-refractivity contribution < 1.29 is 13.2 Å². The summed E-state index contributed by atoms with van der Waals surface area (Å²) in [6.45, 7) is 10.3. The molecule has 122 valence electrons. The molecule has 1 rings (SSSR count). The maximum atomic E-state index is 12.3. The monoisotopic (exact) mass is 334 g/mol. The predicted octanol–water partition coefficient (Wildman–Crippen LogP) is 2.26. The molecule has 0 spiro atoms. The number of sulfonamides is 1. The average Bonchev–Trinajstić information content (AvgIpc) is 2.80. The topological polar surface area (TPSA) is 67.4 Å². The Labute approximate surface area is 132 Å². The van der Waals surface area contributed by atoms with Gasteiger partial charge in [0, 0.05) is 24.6 Å². The lowest BCUT2D eigenvalue weighted by Gasteiger charge is -2.12. The summed E-state index contributed by atoms with van der Waals surface area (Å²) in [4.78, 5) is 1.07. The molecule has 5 nitrogen and oxygen atoms in total. The molecule has 0 saturated heterocycles. The maximum Gasteiger partial charge on any atom is 0.250 e. The molecule has 7 heteroatoms. The fourth-order valence-electron chi connectivity index (χ4n) is 1.82. The summed E-state index contributed by atoms with van der Waals surface area (Å²) in [6, 6.07) is 1.74. The van der Waals surface area contributed by atoms with Crippen molar-refractivity contribution in [1.29, 1.82) is 0 Å². The molecule has 0 fully saturated rings. The lowest BCUT2D eigenvalue weighted by atomic mass is 10.3. The van der Waals surface area contributed by atoms with E-state index in [0.29, 0.717) is 10.8 Å². The Morgan fingerprint density at radius 2 is 2.10 bits per heavy atom. The summed E-state index contributed by atoms with van der Waals surface area (Å²) < 4.78 is 32.8. The van der Waals surface area contributed by atoms with Gasteiger partial charge in [-0.25, -0.2) is 13.1 Å². The minimum Gasteiger partial charge on any atom is -0.377 e. The predicted molar refractivity (Wildman–Crippen MR) is 87.3 cm³/mol. The highest BCUT2D eigenvalue weighted by molar-refractivity contribution is 7.91. The zero-order valence-electron chi connectivity index (χ0n) is 13.2. The summed E-state index contributed by atoms with van der Waals surface area (Å²) in [7, 11) is -3.45. The molecular weight excluding hydrogens is 308 g/mol. The molecule has 0 aliphatic carbocycles. The van der Waals surface area contributed by atoms with Crippen LogP contribution in [0.15, 0.2) is 10.3 Å². The molecule has 0 aliphatic rings. The van der Waals surface area contributed by atoms with Crippen LogP contribution in [0.2, 0.25) is 0 Å². The van der Waals surface area contributed by atoms with Gasteiger partial charge in [-0.3, -0.25) is 0 Å². The molecule has 2 N–H and O–H groups in total. The van der Waals surface area contributed by atoms with Gasteiger partial charge in [-0.05, 0) is 45.4 Å². The van der Waals surface area contributed by atoms with E-state index in [0.717, 1.165) is 30.0 Å². The van der Waals surface area contributed by atoms with Crippen molar-refractivity contribution in [3.8, 4) is 0 Å². The number of thiophene rings is 1. The van der Waals surface area contributed by atoms with E-state index in [2.05, 4.69) is 17.0 Å². The lowest BCUT2D eigenvalue weighted by molar-refractivity contribution is 0.0800. The lowest BCUT2D eigenvalue weighted by Crippen LogP contribution is -2.31. The summed E-state index contributed by atoms with van der Waals surface area (Å²) in [5.41, 5.74) is 1.02. The van der Waals surface area contributed by atoms with Gasteiger partial charge < -0.3 is 10.1 Å². The molecule has 1 aromatic heterocycles. The van der Waals surface area contributed by atoms with Crippen molar-refractivity contribution >= 4 is 21.4 Å². The number of hydrogen-bond acceptors (Lipinski definition) is 5. The average molecular weight is 335 g/mol. The van der Waals surface area contributed by atoms with Crippen molar-refractivity contribution in [3.05, 3.63) is 16.5 Å². The van der Waals surface area contributed by atoms with Crippen LogP contribution in [0.3, 0.4) is 0 Å². The Bertz CT molecular complexity index is 526. The largest absolute Gasteiger partial charge is 0.377 e. The van der Waals surface area contributed by atoms with Crippen LogP contribution in [0.4, 0.5) is 0 Å². The first-order valence-corrected chi connectivity index (χ1v) is 9.62. The van der Waals surface area contributed by atoms with Gasteiger partial charge in [-0.2, -0.15) is 0 Å². The number of nitrogens with one attached hydrogen (secondary N) is 2. The van der Waals surface area contributed by atoms with E-state index in [4.69, 9.17) is 4.74 Å². The molecule has 0 saturated carbocycles. The Morgan fingerprint density at radius 3 is 2.71 bits per heavy atom. The molecule has 21 heavy (non-hydrogen) atoms. The minimum absolute atomic E-state index is 0.128. The number of rotatable bonds is 10. The van der Waals surface area contributed by atoms with Crippen LogP contribution in [-0.4, -0.2) is 34.2 Å². The molecule has 0 radical (unpaired) electrons. The number of aryl methyl sites for hydroxylation is 1. The molecule has 1 heterocycles. The Morgan fingerprint density at radius 1 is 1.38 bits per heavy atom. The summed E-state index contributed by atoms with van der Waals surface area (Å²) >= 11 is 1.33. The van der Waals surface area contributed by atoms with Crippen LogP contribution < -0.4 is 10.0 Å². The van der Waals surface area contributed by atoms with Gasteiger partial charge in [0.25, 0.3) is 0 Å². The Kier molecular flexibility index (Phi) is 7.83. The molecule has 0 aromatic carbocycles. The van der Waals surface area contributed by atoms with Crippen molar-refractivity contribution in [2.75, 3.05) is 19.7 Å². The van der Waals surface area contributed by atoms with Crippen LogP contribution in [0, 0.1) is 6.92 Å². The van der Waals surface area contributed by atoms with Gasteiger partial charge in [-0.15, -0.1) is 11.3 Å². The quantitative estimate of drug-likeness (QED) is 0.644. The maximum absolute atomic E-state index is 12.3. The van der Waals surface area contributed by atoms with E-state index >= 15 is 0 Å². The first-order chi connectivity index (χ1) is 9.90. The van der Waals surface area contributed by atoms with Crippen LogP contribution in [-0.2, 0) is 21.3 Å². The van der Waals surface area contributed by atoms with E-state index in [-0.39, 0.29) is 12.6 Å². The summed E-state index contributed by atoms with van der Waals surface area (Å²) in [5, 5.41) is 3.30. The first kappa shape index (κ1) is 18.6. The van der Waals surface area contributed by atoms with E-state index in [9.17, 15) is 8.42 Å². The highest BCUT2D eigenvalue weighted by Gasteiger charge is 2.19. The van der Waals surface area contributed by atoms with Gasteiger partial charge in [0.2, 0.25) is 10.0 Å². The zero-order valence-corrected chi connectivity index (χ0v) is 14.9. The number of hydrogen-bond donors (Lipinski definition) is 2. The smallest absolute Gasteiger partial charge is 0.250 e. The second-order valence-electron chi connectivity index (χ2n) is 4.97. The van der Waals surface area contributed by atoms with Crippen molar-refractivity contribution in [2.45, 2.75) is 51.0 Å². The molecular formula is C14H26N2O3S2. The van der Waals surface area contributed by atoms with Gasteiger partial charge in [0.1, 0.15) is 4.21 Å². The Hall–Kier alpha value is -0.470. The van der Waals surface area contributed by atoms with Gasteiger partial charge in [-0.1, -0.05) is 6.92 Å². The van der Waals surface area contributed by atoms with E-state index in [1.165, 1.54) is 11.3 Å². The molecule has 0 aliphatic heterocycles. The van der Waals surface area contributed by atoms with Crippen LogP contribution in [0.5, 0.6) is 0 Å². The van der Waals surface area contributed by atoms with Crippen molar-refractivity contribution in [1.82, 2.24) is 10.0 Å². The number of ether oxygens (including phenoxy) is 1. The highest BCUT2D eigenvalue weighted by atomic mass is 32.2. The fourth-order valence-corrected chi connectivity index (χ4v) is 4.54. The van der Waals surface area contributed by atoms with E-state index in [1.54, 1.807) is 6.07 Å². The van der Waals surface area contributed by atoms with E-state index < -0.39 is 10.0 Å².